The number of unbranched alkanes of at least 4 members (excludes halogenated alkanes) is 2. The number of phosphoric acid groups is 1. The van der Waals surface area contributed by atoms with Gasteiger partial charge in [0.2, 0.25) is 0 Å². The summed E-state index contributed by atoms with van der Waals surface area (Å²) in [5.74, 6) is -1.06. The number of esters is 2. The van der Waals surface area contributed by atoms with Crippen molar-refractivity contribution in [3.05, 3.63) is 0 Å². The minimum Gasteiger partial charge on any atom is -0.462 e. The standard InChI is InChI=1S/C13H26NO8P/c1-3-4-5-6-13(16)22-12(9-19-11(2)15)10-21-23(17,18)20-8-7-14/h12H,3-10,14H2,1-2H3,(H,17,18). The van der Waals surface area contributed by atoms with E-state index in [2.05, 4.69) is 4.52 Å². The van der Waals surface area contributed by atoms with Crippen molar-refractivity contribution in [2.24, 2.45) is 5.73 Å². The molecule has 0 spiro atoms. The number of hydrogen-bond donors (Lipinski definition) is 2. The second-order valence-corrected chi connectivity index (χ2v) is 6.21. The predicted octanol–water partition coefficient (Wildman–Crippen LogP) is 1.13. The summed E-state index contributed by atoms with van der Waals surface area (Å²) in [6.07, 6.45) is 1.74. The lowest BCUT2D eigenvalue weighted by Crippen LogP contribution is -2.29. The Bertz CT molecular complexity index is 403. The molecule has 0 fully saturated rings. The highest BCUT2D eigenvalue weighted by Crippen LogP contribution is 2.43. The molecule has 0 aliphatic rings. The maximum Gasteiger partial charge on any atom is 0.472 e. The molecule has 0 saturated carbocycles. The van der Waals surface area contributed by atoms with Crippen LogP contribution in [0.5, 0.6) is 0 Å². The first-order valence-electron chi connectivity index (χ1n) is 7.45. The SMILES string of the molecule is CCCCCC(=O)OC(COC(C)=O)COP(=O)(O)OCCN. The number of nitrogens with two attached hydrogens (primary N) is 1. The normalized spacial score (nSPS) is 14.8. The van der Waals surface area contributed by atoms with Gasteiger partial charge < -0.3 is 20.1 Å². The van der Waals surface area contributed by atoms with Crippen molar-refractivity contribution in [2.75, 3.05) is 26.4 Å². The van der Waals surface area contributed by atoms with Crippen LogP contribution in [-0.2, 0) is 32.7 Å². The zero-order valence-electron chi connectivity index (χ0n) is 13.6. The number of ether oxygens (including phenoxy) is 2. The van der Waals surface area contributed by atoms with Crippen molar-refractivity contribution in [3.8, 4) is 0 Å². The Hall–Kier alpha value is -0.990. The van der Waals surface area contributed by atoms with Crippen LogP contribution in [0.25, 0.3) is 0 Å². The van der Waals surface area contributed by atoms with E-state index in [1.165, 1.54) is 6.92 Å². The lowest BCUT2D eigenvalue weighted by atomic mass is 10.2. The Morgan fingerprint density at radius 2 is 1.91 bits per heavy atom. The van der Waals surface area contributed by atoms with E-state index in [-0.39, 0.29) is 26.2 Å². The molecule has 10 heteroatoms. The van der Waals surface area contributed by atoms with Crippen LogP contribution < -0.4 is 5.73 Å². The van der Waals surface area contributed by atoms with Crippen molar-refractivity contribution in [1.29, 1.82) is 0 Å². The van der Waals surface area contributed by atoms with E-state index in [0.717, 1.165) is 12.8 Å². The van der Waals surface area contributed by atoms with Crippen LogP contribution >= 0.6 is 7.82 Å². The van der Waals surface area contributed by atoms with E-state index in [4.69, 9.17) is 19.7 Å². The second-order valence-electron chi connectivity index (χ2n) is 4.76. The summed E-state index contributed by atoms with van der Waals surface area (Å²) in [4.78, 5) is 31.9. The van der Waals surface area contributed by atoms with Crippen molar-refractivity contribution in [2.45, 2.75) is 45.6 Å². The largest absolute Gasteiger partial charge is 0.472 e. The van der Waals surface area contributed by atoms with Gasteiger partial charge >= 0.3 is 19.8 Å². The number of rotatable bonds is 13. The molecule has 136 valence electrons. The first kappa shape index (κ1) is 22.0. The minimum atomic E-state index is -4.29. The van der Waals surface area contributed by atoms with E-state index in [1.807, 2.05) is 6.92 Å². The Morgan fingerprint density at radius 1 is 1.22 bits per heavy atom. The van der Waals surface area contributed by atoms with Gasteiger partial charge in [-0.3, -0.25) is 18.6 Å². The van der Waals surface area contributed by atoms with Crippen LogP contribution in [0.3, 0.4) is 0 Å². The average molecular weight is 355 g/mol. The lowest BCUT2D eigenvalue weighted by molar-refractivity contribution is -0.160. The summed E-state index contributed by atoms with van der Waals surface area (Å²) in [5, 5.41) is 0. The molecule has 9 nitrogen and oxygen atoms in total. The Balaban J connectivity index is 4.41. The summed E-state index contributed by atoms with van der Waals surface area (Å²) in [6, 6.07) is 0. The summed E-state index contributed by atoms with van der Waals surface area (Å²) in [7, 11) is -4.29. The van der Waals surface area contributed by atoms with Crippen LogP contribution in [0.4, 0.5) is 0 Å². The minimum absolute atomic E-state index is 0.0528. The molecule has 0 aromatic heterocycles. The molecular formula is C13H26NO8P. The molecule has 2 unspecified atom stereocenters. The molecule has 2 atom stereocenters. The molecule has 23 heavy (non-hydrogen) atoms. The van der Waals surface area contributed by atoms with E-state index >= 15 is 0 Å². The van der Waals surface area contributed by atoms with Gasteiger partial charge in [-0.2, -0.15) is 0 Å². The number of phosphoric ester groups is 1. The number of hydrogen-bond acceptors (Lipinski definition) is 8. The smallest absolute Gasteiger partial charge is 0.462 e. The predicted molar refractivity (Wildman–Crippen MR) is 81.4 cm³/mol. The van der Waals surface area contributed by atoms with Crippen LogP contribution in [0.15, 0.2) is 0 Å². The van der Waals surface area contributed by atoms with Crippen LogP contribution in [0, 0.1) is 0 Å². The van der Waals surface area contributed by atoms with E-state index < -0.39 is 32.5 Å². The maximum absolute atomic E-state index is 11.7. The Labute approximate surface area is 136 Å². The molecule has 0 aromatic carbocycles. The average Bonchev–Trinajstić information content (AvgIpc) is 2.48. The molecular weight excluding hydrogens is 329 g/mol. The van der Waals surface area contributed by atoms with Crippen LogP contribution in [-0.4, -0.2) is 49.3 Å². The zero-order chi connectivity index (χ0) is 17.7. The summed E-state index contributed by atoms with van der Waals surface area (Å²) in [6.45, 7) is 2.39. The molecule has 0 aliphatic heterocycles. The molecule has 3 N–H and O–H groups in total. The van der Waals surface area contributed by atoms with Crippen LogP contribution in [0.1, 0.15) is 39.5 Å². The monoisotopic (exact) mass is 355 g/mol. The van der Waals surface area contributed by atoms with Crippen molar-refractivity contribution < 1.29 is 37.6 Å². The van der Waals surface area contributed by atoms with E-state index in [1.54, 1.807) is 0 Å². The fourth-order valence-electron chi connectivity index (χ4n) is 1.47. The highest BCUT2D eigenvalue weighted by molar-refractivity contribution is 7.47. The fourth-order valence-corrected chi connectivity index (χ4v) is 2.24. The summed E-state index contributed by atoms with van der Waals surface area (Å²) < 4.78 is 30.6. The van der Waals surface area contributed by atoms with Gasteiger partial charge in [-0.25, -0.2) is 4.57 Å². The van der Waals surface area contributed by atoms with E-state index in [9.17, 15) is 19.0 Å². The van der Waals surface area contributed by atoms with Gasteiger partial charge in [-0.15, -0.1) is 0 Å². The highest BCUT2D eigenvalue weighted by atomic mass is 31.2. The molecule has 0 radical (unpaired) electrons. The third-order valence-electron chi connectivity index (χ3n) is 2.55. The lowest BCUT2D eigenvalue weighted by Gasteiger charge is -2.19. The first-order valence-corrected chi connectivity index (χ1v) is 8.95. The molecule has 0 amide bonds. The highest BCUT2D eigenvalue weighted by Gasteiger charge is 2.25. The van der Waals surface area contributed by atoms with Gasteiger partial charge in [-0.05, 0) is 6.42 Å². The Morgan fingerprint density at radius 3 is 2.48 bits per heavy atom. The number of carbonyl (C=O) groups excluding carboxylic acids is 2. The summed E-state index contributed by atoms with van der Waals surface area (Å²) in [5.41, 5.74) is 5.16. The third-order valence-corrected chi connectivity index (χ3v) is 3.54. The van der Waals surface area contributed by atoms with Crippen LogP contribution in [0.2, 0.25) is 0 Å². The molecule has 0 bridgehead atoms. The molecule has 0 heterocycles. The quantitative estimate of drug-likeness (QED) is 0.283. The van der Waals surface area contributed by atoms with Gasteiger partial charge in [0, 0.05) is 19.9 Å². The topological polar surface area (TPSA) is 134 Å². The maximum atomic E-state index is 11.7. The van der Waals surface area contributed by atoms with Gasteiger partial charge in [0.15, 0.2) is 6.10 Å². The second kappa shape index (κ2) is 12.4. The molecule has 0 aromatic rings. The van der Waals surface area contributed by atoms with Gasteiger partial charge in [-0.1, -0.05) is 19.8 Å². The number of carbonyl (C=O) groups is 2. The third kappa shape index (κ3) is 13.2. The van der Waals surface area contributed by atoms with Gasteiger partial charge in [0.25, 0.3) is 0 Å². The molecule has 0 saturated heterocycles. The molecule has 0 aliphatic carbocycles. The molecule has 0 rings (SSSR count). The van der Waals surface area contributed by atoms with Crippen molar-refractivity contribution in [1.82, 2.24) is 0 Å². The van der Waals surface area contributed by atoms with E-state index in [0.29, 0.717) is 6.42 Å². The van der Waals surface area contributed by atoms with Crippen molar-refractivity contribution in [3.63, 3.8) is 0 Å². The summed E-state index contributed by atoms with van der Waals surface area (Å²) >= 11 is 0. The van der Waals surface area contributed by atoms with Crippen molar-refractivity contribution >= 4 is 19.8 Å². The van der Waals surface area contributed by atoms with Gasteiger partial charge in [0.05, 0.1) is 13.2 Å². The fraction of sp³-hybridized carbons (Fsp3) is 0.846. The Kier molecular flexibility index (Phi) is 11.9. The zero-order valence-corrected chi connectivity index (χ0v) is 14.5. The van der Waals surface area contributed by atoms with Gasteiger partial charge in [0.1, 0.15) is 6.61 Å². The first-order chi connectivity index (χ1) is 10.8.